The topological polar surface area (TPSA) is 86.4 Å². The first-order valence-corrected chi connectivity index (χ1v) is 14.8. The van der Waals surface area contributed by atoms with Gasteiger partial charge in [-0.05, 0) is 35.9 Å². The number of rotatable bonds is 10. The molecule has 1 unspecified atom stereocenters. The predicted molar refractivity (Wildman–Crippen MR) is 167 cm³/mol. The number of hydrogen-bond acceptors (Lipinski definition) is 7. The van der Waals surface area contributed by atoms with E-state index < -0.39 is 5.38 Å². The third-order valence-electron chi connectivity index (χ3n) is 7.69. The van der Waals surface area contributed by atoms with E-state index in [1.54, 1.807) is 13.2 Å². The lowest BCUT2D eigenvalue weighted by atomic mass is 10.1. The predicted octanol–water partition coefficient (Wildman–Crippen LogP) is 4.00. The maximum atomic E-state index is 13.6. The Labute approximate surface area is 252 Å². The Kier molecular flexibility index (Phi) is 10.2. The minimum atomic E-state index is -0.847. The van der Waals surface area contributed by atoms with Gasteiger partial charge in [0.25, 0.3) is 5.91 Å². The molecule has 2 saturated heterocycles. The molecule has 2 heterocycles. The van der Waals surface area contributed by atoms with Crippen molar-refractivity contribution >= 4 is 40.5 Å². The van der Waals surface area contributed by atoms with Crippen LogP contribution in [0.1, 0.15) is 21.3 Å². The molecule has 2 aliphatic rings. The number of benzene rings is 3. The number of morpholine rings is 1. The number of methoxy groups -OCH3 is 1. The van der Waals surface area contributed by atoms with Crippen LogP contribution in [0.5, 0.6) is 5.75 Å². The van der Waals surface area contributed by atoms with E-state index >= 15 is 0 Å². The van der Waals surface area contributed by atoms with Gasteiger partial charge >= 0.3 is 0 Å². The van der Waals surface area contributed by atoms with Gasteiger partial charge in [0, 0.05) is 63.7 Å². The molecule has 0 bridgehead atoms. The van der Waals surface area contributed by atoms with E-state index in [1.165, 1.54) is 0 Å². The number of amides is 2. The van der Waals surface area contributed by atoms with Gasteiger partial charge in [-0.25, -0.2) is 0 Å². The summed E-state index contributed by atoms with van der Waals surface area (Å²) in [6.45, 7) is 7.45. The highest BCUT2D eigenvalue weighted by Gasteiger charge is 2.25. The highest BCUT2D eigenvalue weighted by atomic mass is 35.5. The van der Waals surface area contributed by atoms with E-state index in [-0.39, 0.29) is 11.8 Å². The van der Waals surface area contributed by atoms with Crippen molar-refractivity contribution in [3.05, 3.63) is 83.9 Å². The van der Waals surface area contributed by atoms with Crippen LogP contribution in [0.4, 0.5) is 17.1 Å². The number of nitrogens with zero attached hydrogens (tertiary/aromatic N) is 3. The van der Waals surface area contributed by atoms with Crippen LogP contribution in [-0.4, -0.2) is 89.4 Å². The van der Waals surface area contributed by atoms with Gasteiger partial charge in [0.05, 0.1) is 31.6 Å². The van der Waals surface area contributed by atoms with Gasteiger partial charge < -0.3 is 29.9 Å². The zero-order valence-electron chi connectivity index (χ0n) is 23.9. The fraction of sp³-hybridized carbons (Fsp3) is 0.375. The number of alkyl halides is 1. The number of ether oxygens (including phenoxy) is 2. The van der Waals surface area contributed by atoms with Gasteiger partial charge in [0.1, 0.15) is 11.1 Å². The van der Waals surface area contributed by atoms with Crippen LogP contribution in [0.2, 0.25) is 0 Å². The van der Waals surface area contributed by atoms with Crippen molar-refractivity contribution in [2.24, 2.45) is 0 Å². The van der Waals surface area contributed by atoms with Gasteiger partial charge in [0.2, 0.25) is 5.91 Å². The van der Waals surface area contributed by atoms with Crippen molar-refractivity contribution in [3.63, 3.8) is 0 Å². The van der Waals surface area contributed by atoms with Crippen LogP contribution in [-0.2, 0) is 9.53 Å². The van der Waals surface area contributed by atoms with Crippen molar-refractivity contribution in [1.29, 1.82) is 0 Å². The fourth-order valence-electron chi connectivity index (χ4n) is 5.38. The van der Waals surface area contributed by atoms with Crippen LogP contribution in [0.3, 0.4) is 0 Å². The molecule has 3 aromatic rings. The summed E-state index contributed by atoms with van der Waals surface area (Å²) in [5.74, 6) is 0.325. The van der Waals surface area contributed by atoms with Crippen LogP contribution in [0.15, 0.2) is 72.8 Å². The van der Waals surface area contributed by atoms with Crippen LogP contribution < -0.4 is 25.2 Å². The normalized spacial score (nSPS) is 16.5. The third kappa shape index (κ3) is 7.34. The summed E-state index contributed by atoms with van der Waals surface area (Å²) in [4.78, 5) is 33.3. The Morgan fingerprint density at radius 3 is 2.26 bits per heavy atom. The number of nitrogens with one attached hydrogen (secondary N) is 2. The monoisotopic (exact) mass is 591 g/mol. The molecule has 9 nitrogen and oxygen atoms in total. The molecule has 0 saturated carbocycles. The zero-order valence-corrected chi connectivity index (χ0v) is 24.7. The number of anilines is 3. The quantitative estimate of drug-likeness (QED) is 0.345. The lowest BCUT2D eigenvalue weighted by molar-refractivity contribution is -0.116. The highest BCUT2D eigenvalue weighted by Crippen LogP contribution is 2.31. The summed E-state index contributed by atoms with van der Waals surface area (Å²) in [6, 6.07) is 22.7. The van der Waals surface area contributed by atoms with E-state index in [9.17, 15) is 9.59 Å². The van der Waals surface area contributed by atoms with Gasteiger partial charge in [-0.3, -0.25) is 14.5 Å². The molecule has 42 heavy (non-hydrogen) atoms. The number of carbonyl (C=O) groups is 2. The molecule has 0 radical (unpaired) electrons. The average Bonchev–Trinajstić information content (AvgIpc) is 3.05. The molecular formula is C32H38ClN5O4. The van der Waals surface area contributed by atoms with Gasteiger partial charge in [-0.1, -0.05) is 42.5 Å². The molecule has 2 amide bonds. The van der Waals surface area contributed by atoms with Gasteiger partial charge in [-0.2, -0.15) is 0 Å². The van der Waals surface area contributed by atoms with E-state index in [4.69, 9.17) is 21.1 Å². The van der Waals surface area contributed by atoms with E-state index in [0.29, 0.717) is 36.6 Å². The van der Waals surface area contributed by atoms with Crippen LogP contribution in [0, 0.1) is 0 Å². The molecule has 2 N–H and O–H groups in total. The summed E-state index contributed by atoms with van der Waals surface area (Å²) < 4.78 is 11.0. The molecule has 2 fully saturated rings. The van der Waals surface area contributed by atoms with Crippen LogP contribution in [0.25, 0.3) is 0 Å². The first-order valence-electron chi connectivity index (χ1n) is 14.4. The van der Waals surface area contributed by atoms with Crippen molar-refractivity contribution in [2.45, 2.75) is 5.38 Å². The minimum absolute atomic E-state index is 0.174. The minimum Gasteiger partial charge on any atom is -0.495 e. The molecule has 0 aromatic heterocycles. The largest absolute Gasteiger partial charge is 0.495 e. The van der Waals surface area contributed by atoms with Crippen molar-refractivity contribution in [2.75, 3.05) is 87.8 Å². The number of hydrogen-bond donors (Lipinski definition) is 2. The van der Waals surface area contributed by atoms with Gasteiger partial charge in [0.15, 0.2) is 0 Å². The number of para-hydroxylation sites is 2. The Bertz CT molecular complexity index is 1340. The zero-order chi connectivity index (χ0) is 29.3. The SMILES string of the molecule is COc1ccccc1N1CCN(c2ccc(NC(=O)C(Cl)c3ccccc3)cc2C(=O)NCCN2CCOCC2)CC1. The summed E-state index contributed by atoms with van der Waals surface area (Å²) in [5.41, 5.74) is 3.65. The Morgan fingerprint density at radius 1 is 0.881 bits per heavy atom. The van der Waals surface area contributed by atoms with Crippen molar-refractivity contribution < 1.29 is 19.1 Å². The maximum Gasteiger partial charge on any atom is 0.253 e. The molecule has 1 atom stereocenters. The summed E-state index contributed by atoms with van der Waals surface area (Å²) in [7, 11) is 1.69. The summed E-state index contributed by atoms with van der Waals surface area (Å²) >= 11 is 6.46. The molecule has 3 aromatic carbocycles. The molecule has 2 aliphatic heterocycles. The van der Waals surface area contributed by atoms with E-state index in [0.717, 1.165) is 62.9 Å². The molecule has 222 valence electrons. The molecule has 10 heteroatoms. The molecular weight excluding hydrogens is 554 g/mol. The number of halogens is 1. The first kappa shape index (κ1) is 29.7. The van der Waals surface area contributed by atoms with E-state index in [2.05, 4.69) is 31.4 Å². The van der Waals surface area contributed by atoms with E-state index in [1.807, 2.05) is 60.7 Å². The second-order valence-electron chi connectivity index (χ2n) is 10.4. The summed E-state index contributed by atoms with van der Waals surface area (Å²) in [5, 5.41) is 5.14. The lowest BCUT2D eigenvalue weighted by Gasteiger charge is -2.38. The van der Waals surface area contributed by atoms with Crippen LogP contribution >= 0.6 is 11.6 Å². The number of carbonyl (C=O) groups excluding carboxylic acids is 2. The maximum absolute atomic E-state index is 13.6. The smallest absolute Gasteiger partial charge is 0.253 e. The lowest BCUT2D eigenvalue weighted by Crippen LogP contribution is -2.47. The number of piperazine rings is 1. The standard InChI is InChI=1S/C32H38ClN5O4/c1-41-29-10-6-5-9-28(29)38-17-15-37(16-18-38)27-12-11-25(35-32(40)30(33)24-7-3-2-4-8-24)23-26(27)31(39)34-13-14-36-19-21-42-22-20-36/h2-12,23,30H,13-22H2,1H3,(H,34,39)(H,35,40). The Balaban J connectivity index is 1.31. The van der Waals surface area contributed by atoms with Gasteiger partial charge in [-0.15, -0.1) is 11.6 Å². The average molecular weight is 592 g/mol. The Hall–Kier alpha value is -3.79. The van der Waals surface area contributed by atoms with Crippen molar-refractivity contribution in [1.82, 2.24) is 10.2 Å². The summed E-state index contributed by atoms with van der Waals surface area (Å²) in [6.07, 6.45) is 0. The first-order chi connectivity index (χ1) is 20.5. The molecule has 0 spiro atoms. The fourth-order valence-corrected chi connectivity index (χ4v) is 5.58. The second-order valence-corrected chi connectivity index (χ2v) is 10.8. The second kappa shape index (κ2) is 14.4. The van der Waals surface area contributed by atoms with Crippen molar-refractivity contribution in [3.8, 4) is 5.75 Å². The highest BCUT2D eigenvalue weighted by molar-refractivity contribution is 6.32. The Morgan fingerprint density at radius 2 is 1.55 bits per heavy atom. The molecule has 0 aliphatic carbocycles. The third-order valence-corrected chi connectivity index (χ3v) is 8.14. The molecule has 5 rings (SSSR count).